The van der Waals surface area contributed by atoms with Crippen molar-refractivity contribution in [2.24, 2.45) is 0 Å². The van der Waals surface area contributed by atoms with Gasteiger partial charge in [0.05, 0.1) is 6.04 Å². The normalized spacial score (nSPS) is 12.8. The first kappa shape index (κ1) is 17.5. The van der Waals surface area contributed by atoms with Crippen LogP contribution in [0.1, 0.15) is 58.1 Å². The average molecular weight is 287 g/mol. The number of benzene rings is 1. The van der Waals surface area contributed by atoms with Crippen LogP contribution in [-0.2, 0) is 10.2 Å². The van der Waals surface area contributed by atoms with Crippen molar-refractivity contribution in [1.29, 1.82) is 0 Å². The third kappa shape index (κ3) is 4.73. The minimum atomic E-state index is -0.201. The summed E-state index contributed by atoms with van der Waals surface area (Å²) in [5.41, 5.74) is 3.16. The first-order valence-corrected chi connectivity index (χ1v) is 7.82. The first-order valence-electron chi connectivity index (χ1n) is 7.82. The number of ketones is 1. The Hall–Kier alpha value is -1.57. The third-order valence-electron chi connectivity index (χ3n) is 4.21. The van der Waals surface area contributed by atoms with Crippen molar-refractivity contribution in [1.82, 2.24) is 5.32 Å². The van der Waals surface area contributed by atoms with Gasteiger partial charge >= 0.3 is 0 Å². The molecule has 0 spiro atoms. The molecule has 0 aliphatic rings. The second-order valence-electron chi connectivity index (χ2n) is 6.42. The SMILES string of the molecule is C=C(N[C@@H](CCCC)C(C)=O)C(C)(C)c1ccc(C)cc1. The predicted octanol–water partition coefficient (Wildman–Crippen LogP) is 4.52. The summed E-state index contributed by atoms with van der Waals surface area (Å²) in [5, 5.41) is 3.36. The van der Waals surface area contributed by atoms with E-state index in [0.29, 0.717) is 0 Å². The summed E-state index contributed by atoms with van der Waals surface area (Å²) in [4.78, 5) is 11.8. The Labute approximate surface area is 129 Å². The van der Waals surface area contributed by atoms with Gasteiger partial charge in [-0.05, 0) is 25.8 Å². The molecule has 0 saturated carbocycles. The minimum absolute atomic E-state index is 0.123. The number of hydrogen-bond acceptors (Lipinski definition) is 2. The fourth-order valence-electron chi connectivity index (χ4n) is 2.32. The van der Waals surface area contributed by atoms with Crippen molar-refractivity contribution in [2.75, 3.05) is 0 Å². The number of carbonyl (C=O) groups excluding carboxylic acids is 1. The van der Waals surface area contributed by atoms with Crippen molar-refractivity contribution in [3.8, 4) is 0 Å². The highest BCUT2D eigenvalue weighted by Gasteiger charge is 2.26. The van der Waals surface area contributed by atoms with Crippen LogP contribution in [0.15, 0.2) is 36.5 Å². The molecule has 0 aromatic heterocycles. The first-order chi connectivity index (χ1) is 9.78. The van der Waals surface area contributed by atoms with E-state index in [1.165, 1.54) is 11.1 Å². The summed E-state index contributed by atoms with van der Waals surface area (Å²) in [6.45, 7) is 14.4. The number of allylic oxidation sites excluding steroid dienone is 1. The monoisotopic (exact) mass is 287 g/mol. The molecule has 2 nitrogen and oxygen atoms in total. The minimum Gasteiger partial charge on any atom is -0.378 e. The Morgan fingerprint density at radius 2 is 1.86 bits per heavy atom. The molecule has 2 heteroatoms. The Morgan fingerprint density at radius 3 is 2.33 bits per heavy atom. The lowest BCUT2D eigenvalue weighted by molar-refractivity contribution is -0.119. The summed E-state index contributed by atoms with van der Waals surface area (Å²) >= 11 is 0. The number of unbranched alkanes of at least 4 members (excludes halogenated alkanes) is 1. The highest BCUT2D eigenvalue weighted by molar-refractivity contribution is 5.81. The fraction of sp³-hybridized carbons (Fsp3) is 0.526. The maximum Gasteiger partial charge on any atom is 0.151 e. The van der Waals surface area contributed by atoms with Crippen molar-refractivity contribution in [3.63, 3.8) is 0 Å². The van der Waals surface area contributed by atoms with Crippen LogP contribution >= 0.6 is 0 Å². The van der Waals surface area contributed by atoms with Gasteiger partial charge in [0.25, 0.3) is 0 Å². The quantitative estimate of drug-likeness (QED) is 0.761. The lowest BCUT2D eigenvalue weighted by atomic mass is 9.81. The molecule has 1 N–H and O–H groups in total. The second kappa shape index (κ2) is 7.44. The molecule has 0 saturated heterocycles. The van der Waals surface area contributed by atoms with E-state index in [2.05, 4.69) is 63.9 Å². The van der Waals surface area contributed by atoms with Gasteiger partial charge in [0, 0.05) is 11.1 Å². The Kier molecular flexibility index (Phi) is 6.19. The number of rotatable bonds is 8. The van der Waals surface area contributed by atoms with E-state index in [0.717, 1.165) is 25.0 Å². The molecule has 0 aliphatic heterocycles. The maximum atomic E-state index is 11.8. The number of Topliss-reactive ketones (excluding diaryl/α,β-unsaturated/α-hetero) is 1. The Bertz CT molecular complexity index is 485. The van der Waals surface area contributed by atoms with Crippen LogP contribution in [0, 0.1) is 6.92 Å². The van der Waals surface area contributed by atoms with E-state index in [-0.39, 0.29) is 17.2 Å². The smallest absolute Gasteiger partial charge is 0.151 e. The van der Waals surface area contributed by atoms with E-state index < -0.39 is 0 Å². The van der Waals surface area contributed by atoms with Crippen LogP contribution in [0.3, 0.4) is 0 Å². The van der Waals surface area contributed by atoms with Crippen molar-refractivity contribution in [3.05, 3.63) is 47.7 Å². The van der Waals surface area contributed by atoms with Crippen molar-refractivity contribution in [2.45, 2.75) is 65.3 Å². The molecule has 1 atom stereocenters. The molecule has 1 aromatic carbocycles. The van der Waals surface area contributed by atoms with Crippen LogP contribution in [0.2, 0.25) is 0 Å². The van der Waals surface area contributed by atoms with Crippen LogP contribution in [-0.4, -0.2) is 11.8 Å². The summed E-state index contributed by atoms with van der Waals surface area (Å²) in [6, 6.07) is 8.38. The zero-order valence-electron chi connectivity index (χ0n) is 14.1. The van der Waals surface area contributed by atoms with Crippen molar-refractivity contribution >= 4 is 5.78 Å². The lowest BCUT2D eigenvalue weighted by Gasteiger charge is -2.31. The van der Waals surface area contributed by atoms with Gasteiger partial charge in [0.1, 0.15) is 0 Å². The molecule has 0 fully saturated rings. The molecule has 1 aromatic rings. The fourth-order valence-corrected chi connectivity index (χ4v) is 2.32. The highest BCUT2D eigenvalue weighted by Crippen LogP contribution is 2.29. The number of carbonyl (C=O) groups is 1. The van der Waals surface area contributed by atoms with Gasteiger partial charge in [-0.2, -0.15) is 0 Å². The van der Waals surface area contributed by atoms with Crippen LogP contribution < -0.4 is 5.32 Å². The van der Waals surface area contributed by atoms with E-state index in [1.807, 2.05) is 0 Å². The maximum absolute atomic E-state index is 11.8. The lowest BCUT2D eigenvalue weighted by Crippen LogP contribution is -2.40. The van der Waals surface area contributed by atoms with E-state index in [1.54, 1.807) is 6.92 Å². The largest absolute Gasteiger partial charge is 0.378 e. The third-order valence-corrected chi connectivity index (χ3v) is 4.21. The number of nitrogens with one attached hydrogen (secondary N) is 1. The molecule has 1 rings (SSSR count). The van der Waals surface area contributed by atoms with Gasteiger partial charge < -0.3 is 5.32 Å². The molecule has 116 valence electrons. The van der Waals surface area contributed by atoms with Gasteiger partial charge in [-0.1, -0.05) is 70.0 Å². The zero-order chi connectivity index (χ0) is 16.0. The van der Waals surface area contributed by atoms with Crippen LogP contribution in [0.5, 0.6) is 0 Å². The summed E-state index contributed by atoms with van der Waals surface area (Å²) < 4.78 is 0. The molecule has 0 aliphatic carbocycles. The Morgan fingerprint density at radius 1 is 1.29 bits per heavy atom. The van der Waals surface area contributed by atoms with Crippen LogP contribution in [0.4, 0.5) is 0 Å². The molecule has 0 unspecified atom stereocenters. The van der Waals surface area contributed by atoms with Crippen molar-refractivity contribution < 1.29 is 4.79 Å². The Balaban J connectivity index is 2.84. The molecule has 21 heavy (non-hydrogen) atoms. The number of hydrogen-bond donors (Lipinski definition) is 1. The molecular formula is C19H29NO. The number of aryl methyl sites for hydroxylation is 1. The van der Waals surface area contributed by atoms with Gasteiger partial charge in [-0.15, -0.1) is 0 Å². The van der Waals surface area contributed by atoms with E-state index in [4.69, 9.17) is 0 Å². The summed E-state index contributed by atoms with van der Waals surface area (Å²) in [7, 11) is 0. The predicted molar refractivity (Wildman–Crippen MR) is 90.5 cm³/mol. The van der Waals surface area contributed by atoms with Gasteiger partial charge in [0.15, 0.2) is 5.78 Å². The van der Waals surface area contributed by atoms with E-state index in [9.17, 15) is 4.79 Å². The van der Waals surface area contributed by atoms with Gasteiger partial charge in [-0.25, -0.2) is 0 Å². The standard InChI is InChI=1S/C19H29NO/c1-7-8-9-18(15(3)21)20-16(4)19(5,6)17-12-10-14(2)11-13-17/h10-13,18,20H,4,7-9H2,1-3,5-6H3/t18-/m0/s1. The molecule has 0 radical (unpaired) electrons. The molecule has 0 amide bonds. The molecule has 0 heterocycles. The van der Waals surface area contributed by atoms with Gasteiger partial charge in [0.2, 0.25) is 0 Å². The second-order valence-corrected chi connectivity index (χ2v) is 6.42. The zero-order valence-corrected chi connectivity index (χ0v) is 14.1. The van der Waals surface area contributed by atoms with Gasteiger partial charge in [-0.3, -0.25) is 4.79 Å². The summed E-state index contributed by atoms with van der Waals surface area (Å²) in [5.74, 6) is 0.185. The summed E-state index contributed by atoms with van der Waals surface area (Å²) in [6.07, 6.45) is 3.02. The molecule has 0 bridgehead atoms. The molecular weight excluding hydrogens is 258 g/mol. The topological polar surface area (TPSA) is 29.1 Å². The highest BCUT2D eigenvalue weighted by atomic mass is 16.1. The van der Waals surface area contributed by atoms with E-state index >= 15 is 0 Å². The van der Waals surface area contributed by atoms with Crippen LogP contribution in [0.25, 0.3) is 0 Å². The average Bonchev–Trinajstić information content (AvgIpc) is 2.43.